The summed E-state index contributed by atoms with van der Waals surface area (Å²) in [7, 11) is -1.32. The first-order valence-corrected chi connectivity index (χ1v) is 7.09. The average Bonchev–Trinajstić information content (AvgIpc) is 2.14. The van der Waals surface area contributed by atoms with Crippen LogP contribution in [0.2, 0.25) is 0 Å². The number of ether oxygens (including phenoxy) is 1. The van der Waals surface area contributed by atoms with Gasteiger partial charge in [-0.2, -0.15) is 0 Å². The minimum atomic E-state index is -3.02. The van der Waals surface area contributed by atoms with Crippen molar-refractivity contribution in [3.05, 3.63) is 0 Å². The summed E-state index contributed by atoms with van der Waals surface area (Å²) in [4.78, 5) is 0. The third-order valence-electron chi connectivity index (χ3n) is 1.85. The van der Waals surface area contributed by atoms with Crippen molar-refractivity contribution in [2.24, 2.45) is 0 Å². The average molecular weight is 238 g/mol. The zero-order chi connectivity index (χ0) is 11.6. The quantitative estimate of drug-likeness (QED) is 0.523. The zero-order valence-electron chi connectivity index (χ0n) is 9.58. The summed E-state index contributed by atoms with van der Waals surface area (Å²) in [6, 6.07) is 0. The number of hydrogen-bond acceptors (Lipinski definition) is 4. The molecule has 0 aromatic carbocycles. The molecule has 0 spiro atoms. The van der Waals surface area contributed by atoms with Gasteiger partial charge in [-0.05, 0) is 32.4 Å². The van der Waals surface area contributed by atoms with Crippen molar-refractivity contribution in [1.29, 1.82) is 0 Å². The van der Waals surface area contributed by atoms with Crippen LogP contribution in [-0.2, 0) is 14.8 Å². The van der Waals surface area contributed by atoms with E-state index in [0.717, 1.165) is 39.0 Å². The van der Waals surface area contributed by atoms with Crippen molar-refractivity contribution >= 4 is 10.0 Å². The lowest BCUT2D eigenvalue weighted by molar-refractivity contribution is 0.192. The molecule has 6 heteroatoms. The van der Waals surface area contributed by atoms with Crippen LogP contribution in [0.15, 0.2) is 0 Å². The number of sulfonamides is 1. The molecule has 0 radical (unpaired) electrons. The smallest absolute Gasteiger partial charge is 0.208 e. The summed E-state index contributed by atoms with van der Waals surface area (Å²) in [6.07, 6.45) is 4.14. The van der Waals surface area contributed by atoms with Gasteiger partial charge in [-0.15, -0.1) is 0 Å². The highest BCUT2D eigenvalue weighted by Crippen LogP contribution is 1.86. The fourth-order valence-corrected chi connectivity index (χ4v) is 1.61. The number of rotatable bonds is 10. The van der Waals surface area contributed by atoms with E-state index < -0.39 is 10.0 Å². The van der Waals surface area contributed by atoms with E-state index in [1.54, 1.807) is 7.11 Å². The molecule has 0 aromatic rings. The van der Waals surface area contributed by atoms with Gasteiger partial charge in [0.1, 0.15) is 0 Å². The Morgan fingerprint density at radius 1 is 1.07 bits per heavy atom. The van der Waals surface area contributed by atoms with Crippen LogP contribution in [0, 0.1) is 0 Å². The van der Waals surface area contributed by atoms with Crippen LogP contribution >= 0.6 is 0 Å². The highest BCUT2D eigenvalue weighted by molar-refractivity contribution is 7.88. The SMILES string of the molecule is COCCCCNCCCNS(C)(=O)=O. The van der Waals surface area contributed by atoms with Gasteiger partial charge >= 0.3 is 0 Å². The predicted octanol–water partition coefficient (Wildman–Crippen LogP) is -0.0581. The Morgan fingerprint density at radius 3 is 2.33 bits per heavy atom. The molecule has 0 amide bonds. The molecule has 2 N–H and O–H groups in total. The molecule has 0 heterocycles. The molecule has 0 saturated heterocycles. The minimum absolute atomic E-state index is 0.504. The topological polar surface area (TPSA) is 67.4 Å². The Bertz CT molecular complexity index is 230. The normalized spacial score (nSPS) is 11.9. The maximum absolute atomic E-state index is 10.7. The predicted molar refractivity (Wildman–Crippen MR) is 61.4 cm³/mol. The van der Waals surface area contributed by atoms with Crippen molar-refractivity contribution in [3.63, 3.8) is 0 Å². The summed E-state index contributed by atoms with van der Waals surface area (Å²) in [6.45, 7) is 3.11. The van der Waals surface area contributed by atoms with E-state index in [1.165, 1.54) is 6.26 Å². The third kappa shape index (κ3) is 13.8. The zero-order valence-corrected chi connectivity index (χ0v) is 10.4. The standard InChI is InChI=1S/C9H22N2O3S/c1-14-9-4-3-6-10-7-5-8-11-15(2,12)13/h10-11H,3-9H2,1-2H3. The molecule has 0 aliphatic rings. The summed E-state index contributed by atoms with van der Waals surface area (Å²) in [5.74, 6) is 0. The van der Waals surface area contributed by atoms with Gasteiger partial charge in [0.2, 0.25) is 10.0 Å². The van der Waals surface area contributed by atoms with Crippen molar-refractivity contribution in [2.45, 2.75) is 19.3 Å². The van der Waals surface area contributed by atoms with Crippen LogP contribution in [0.5, 0.6) is 0 Å². The first-order chi connectivity index (χ1) is 7.06. The van der Waals surface area contributed by atoms with E-state index in [0.29, 0.717) is 6.54 Å². The first kappa shape index (κ1) is 14.8. The maximum atomic E-state index is 10.7. The number of nitrogens with one attached hydrogen (secondary N) is 2. The molecule has 0 bridgehead atoms. The highest BCUT2D eigenvalue weighted by atomic mass is 32.2. The monoisotopic (exact) mass is 238 g/mol. The molecule has 0 aliphatic carbocycles. The van der Waals surface area contributed by atoms with Crippen LogP contribution in [0.1, 0.15) is 19.3 Å². The van der Waals surface area contributed by atoms with Gasteiger partial charge < -0.3 is 10.1 Å². The van der Waals surface area contributed by atoms with Crippen LogP contribution in [0.3, 0.4) is 0 Å². The molecule has 5 nitrogen and oxygen atoms in total. The van der Waals surface area contributed by atoms with Gasteiger partial charge in [-0.3, -0.25) is 0 Å². The van der Waals surface area contributed by atoms with Gasteiger partial charge in [0.05, 0.1) is 6.26 Å². The van der Waals surface area contributed by atoms with Crippen molar-refractivity contribution < 1.29 is 13.2 Å². The Morgan fingerprint density at radius 2 is 1.73 bits per heavy atom. The molecule has 0 aromatic heterocycles. The van der Waals surface area contributed by atoms with Gasteiger partial charge in [0, 0.05) is 20.3 Å². The van der Waals surface area contributed by atoms with E-state index >= 15 is 0 Å². The van der Waals surface area contributed by atoms with E-state index in [2.05, 4.69) is 10.0 Å². The lowest BCUT2D eigenvalue weighted by Crippen LogP contribution is -2.26. The van der Waals surface area contributed by atoms with E-state index in [4.69, 9.17) is 4.74 Å². The van der Waals surface area contributed by atoms with Crippen LogP contribution in [0.25, 0.3) is 0 Å². The molecule has 0 fully saturated rings. The van der Waals surface area contributed by atoms with E-state index in [9.17, 15) is 8.42 Å². The third-order valence-corrected chi connectivity index (χ3v) is 2.58. The summed E-state index contributed by atoms with van der Waals surface area (Å²) < 4.78 is 28.8. The number of unbranched alkanes of at least 4 members (excludes halogenated alkanes) is 1. The molecular formula is C9H22N2O3S. The molecule has 0 atom stereocenters. The van der Waals surface area contributed by atoms with Gasteiger partial charge in [0.25, 0.3) is 0 Å². The molecule has 0 unspecified atom stereocenters. The van der Waals surface area contributed by atoms with Gasteiger partial charge in [-0.25, -0.2) is 13.1 Å². The van der Waals surface area contributed by atoms with Crippen LogP contribution in [0.4, 0.5) is 0 Å². The Hall–Kier alpha value is -0.170. The van der Waals surface area contributed by atoms with E-state index in [-0.39, 0.29) is 0 Å². The molecule has 92 valence electrons. The van der Waals surface area contributed by atoms with Crippen molar-refractivity contribution in [3.8, 4) is 0 Å². The lowest BCUT2D eigenvalue weighted by atomic mass is 10.3. The number of hydrogen-bond donors (Lipinski definition) is 2. The fraction of sp³-hybridized carbons (Fsp3) is 1.00. The maximum Gasteiger partial charge on any atom is 0.208 e. The van der Waals surface area contributed by atoms with E-state index in [1.807, 2.05) is 0 Å². The Kier molecular flexibility index (Phi) is 8.98. The molecule has 0 saturated carbocycles. The molecule has 0 rings (SSSR count). The lowest BCUT2D eigenvalue weighted by Gasteiger charge is -2.04. The van der Waals surface area contributed by atoms with Crippen LogP contribution in [-0.4, -0.2) is 48.0 Å². The summed E-state index contributed by atoms with van der Waals surface area (Å²) in [5.41, 5.74) is 0. The summed E-state index contributed by atoms with van der Waals surface area (Å²) >= 11 is 0. The van der Waals surface area contributed by atoms with Crippen molar-refractivity contribution in [2.75, 3.05) is 39.6 Å². The Balaban J connectivity index is 3.06. The largest absolute Gasteiger partial charge is 0.385 e. The second-order valence-electron chi connectivity index (χ2n) is 3.47. The van der Waals surface area contributed by atoms with Crippen LogP contribution < -0.4 is 10.0 Å². The van der Waals surface area contributed by atoms with Crippen molar-refractivity contribution in [1.82, 2.24) is 10.0 Å². The second-order valence-corrected chi connectivity index (χ2v) is 5.30. The minimum Gasteiger partial charge on any atom is -0.385 e. The number of methoxy groups -OCH3 is 1. The molecule has 15 heavy (non-hydrogen) atoms. The summed E-state index contributed by atoms with van der Waals surface area (Å²) in [5, 5.41) is 3.24. The Labute approximate surface area is 92.6 Å². The molecular weight excluding hydrogens is 216 g/mol. The second kappa shape index (κ2) is 9.08. The van der Waals surface area contributed by atoms with Gasteiger partial charge in [-0.1, -0.05) is 0 Å². The highest BCUT2D eigenvalue weighted by Gasteiger charge is 1.97. The van der Waals surface area contributed by atoms with Gasteiger partial charge in [0.15, 0.2) is 0 Å². The fourth-order valence-electron chi connectivity index (χ4n) is 1.09. The first-order valence-electron chi connectivity index (χ1n) is 5.20. The molecule has 0 aliphatic heterocycles.